The molecule has 0 aliphatic carbocycles. The van der Waals surface area contributed by atoms with Crippen LogP contribution in [0.25, 0.3) is 26.8 Å². The molecule has 0 N–H and O–H groups in total. The number of hydrogen-bond acceptors (Lipinski definition) is 1. The maximum absolute atomic E-state index is 6.84. The zero-order valence-corrected chi connectivity index (χ0v) is 26.4. The van der Waals surface area contributed by atoms with Gasteiger partial charge in [-0.15, -0.1) is 0 Å². The van der Waals surface area contributed by atoms with Crippen LogP contribution < -0.4 is 0 Å². The number of hydrogen-bond donors (Lipinski definition) is 0. The summed E-state index contributed by atoms with van der Waals surface area (Å²) in [6.45, 7) is 8.72. The molecular formula is C35H36BrClNNi. The van der Waals surface area contributed by atoms with E-state index in [2.05, 4.69) is 139 Å². The molecule has 0 fully saturated rings. The van der Waals surface area contributed by atoms with Crippen LogP contribution in [0.15, 0.2) is 108 Å². The second-order valence-electron chi connectivity index (χ2n) is 9.75. The Balaban J connectivity index is 1.79. The van der Waals surface area contributed by atoms with Gasteiger partial charge in [0.25, 0.3) is 0 Å². The summed E-state index contributed by atoms with van der Waals surface area (Å²) in [7, 11) is 6.05. The molecule has 4 aromatic rings. The first-order valence-corrected chi connectivity index (χ1v) is 17.8. The summed E-state index contributed by atoms with van der Waals surface area (Å²) in [5.74, 6) is 0. The van der Waals surface area contributed by atoms with Crippen molar-refractivity contribution >= 4 is 40.4 Å². The molecule has 0 spiro atoms. The summed E-state index contributed by atoms with van der Waals surface area (Å²) < 4.78 is 1.10. The first-order valence-electron chi connectivity index (χ1n) is 13.5. The molecule has 0 radical (unpaired) electrons. The molecule has 0 unspecified atom stereocenters. The molecule has 4 aromatic carbocycles. The normalized spacial score (nSPS) is 12.8. The van der Waals surface area contributed by atoms with Crippen LogP contribution in [0.5, 0.6) is 0 Å². The molecule has 4 heteroatoms. The number of unbranched alkanes of at least 4 members (excludes halogenated alkanes) is 1. The van der Waals surface area contributed by atoms with Crippen LogP contribution in [0.1, 0.15) is 56.7 Å². The first-order chi connectivity index (χ1) is 18.9. The SMILES string of the molecule is CCCCc1cc(N=C(CC)C(C)=[C](c2cc(C)cc(-c3ccccc3)c2)[Ni]([Cl])[Br])ccc1-c1ccccc1. The molecular weight excluding hydrogens is 608 g/mol. The van der Waals surface area contributed by atoms with E-state index >= 15 is 0 Å². The number of halogens is 2. The Morgan fingerprint density at radius 2 is 1.49 bits per heavy atom. The minimum atomic E-state index is -0.795. The van der Waals surface area contributed by atoms with Gasteiger partial charge in [-0.05, 0) is 0 Å². The molecule has 0 saturated heterocycles. The molecule has 0 atom stereocenters. The van der Waals surface area contributed by atoms with Crippen molar-refractivity contribution in [1.29, 1.82) is 0 Å². The average Bonchev–Trinajstić information content (AvgIpc) is 2.95. The predicted molar refractivity (Wildman–Crippen MR) is 172 cm³/mol. The average molecular weight is 645 g/mol. The number of rotatable bonds is 10. The zero-order valence-electron chi connectivity index (χ0n) is 23.1. The Labute approximate surface area is 249 Å². The maximum atomic E-state index is 6.84. The van der Waals surface area contributed by atoms with E-state index in [-0.39, 0.29) is 0 Å². The standard InChI is InChI=1S/C35H36N.BrH.ClH.Ni/c1-5-7-14-31-25-33(19-20-34(31)30-17-12-9-13-18-30)36-35(6-2)27(4)23-28-21-26(3)22-32(24-28)29-15-10-8-11-16-29;;;/h8-13,15-22,24-25H,5-7,14H2,1-4H3;2*1H;/q;;;+2/p-2. The third-order valence-electron chi connectivity index (χ3n) is 6.85. The number of nitrogens with zero attached hydrogens (tertiary/aromatic N) is 1. The molecule has 0 aromatic heterocycles. The summed E-state index contributed by atoms with van der Waals surface area (Å²) in [5.41, 5.74) is 11.8. The van der Waals surface area contributed by atoms with Crippen molar-refractivity contribution in [3.8, 4) is 22.3 Å². The second kappa shape index (κ2) is 14.3. The number of aliphatic imine (C=N–C) groups is 1. The van der Waals surface area contributed by atoms with Crippen molar-refractivity contribution in [3.05, 3.63) is 119 Å². The Kier molecular flexibility index (Phi) is 10.8. The van der Waals surface area contributed by atoms with E-state index in [0.29, 0.717) is 0 Å². The van der Waals surface area contributed by atoms with E-state index in [1.54, 1.807) is 0 Å². The van der Waals surface area contributed by atoms with Gasteiger partial charge in [-0.3, -0.25) is 0 Å². The molecule has 0 saturated carbocycles. The van der Waals surface area contributed by atoms with Gasteiger partial charge in [0.05, 0.1) is 0 Å². The molecule has 0 aliphatic rings. The van der Waals surface area contributed by atoms with Gasteiger partial charge in [0, 0.05) is 0 Å². The molecule has 4 rings (SSSR count). The molecule has 0 heterocycles. The van der Waals surface area contributed by atoms with E-state index in [1.165, 1.54) is 39.8 Å². The quantitative estimate of drug-likeness (QED) is 0.120. The van der Waals surface area contributed by atoms with Crippen LogP contribution in [0.3, 0.4) is 0 Å². The van der Waals surface area contributed by atoms with Crippen molar-refractivity contribution in [1.82, 2.24) is 0 Å². The van der Waals surface area contributed by atoms with Crippen molar-refractivity contribution < 1.29 is 10.7 Å². The van der Waals surface area contributed by atoms with Crippen molar-refractivity contribution in [2.45, 2.75) is 53.4 Å². The minimum absolute atomic E-state index is 0.795. The van der Waals surface area contributed by atoms with Crippen LogP contribution in [0.2, 0.25) is 0 Å². The second-order valence-corrected chi connectivity index (χ2v) is 15.0. The van der Waals surface area contributed by atoms with E-state index in [9.17, 15) is 0 Å². The third-order valence-corrected chi connectivity index (χ3v) is 9.41. The molecule has 0 bridgehead atoms. The summed E-state index contributed by atoms with van der Waals surface area (Å²) in [4.78, 5) is 5.20. The van der Waals surface area contributed by atoms with Crippen molar-refractivity contribution in [2.24, 2.45) is 4.99 Å². The van der Waals surface area contributed by atoms with Crippen LogP contribution in [0, 0.1) is 6.92 Å². The first kappa shape index (κ1) is 29.5. The van der Waals surface area contributed by atoms with Crippen molar-refractivity contribution in [3.63, 3.8) is 0 Å². The Bertz CT molecular complexity index is 1460. The van der Waals surface area contributed by atoms with E-state index < -0.39 is 10.7 Å². The summed E-state index contributed by atoms with van der Waals surface area (Å²) in [6, 6.07) is 34.5. The number of benzene rings is 4. The topological polar surface area (TPSA) is 12.4 Å². The molecule has 39 heavy (non-hydrogen) atoms. The molecule has 0 aliphatic heterocycles. The van der Waals surface area contributed by atoms with Gasteiger partial charge in [0.1, 0.15) is 0 Å². The van der Waals surface area contributed by atoms with Gasteiger partial charge in [-0.25, -0.2) is 0 Å². The van der Waals surface area contributed by atoms with Gasteiger partial charge < -0.3 is 0 Å². The van der Waals surface area contributed by atoms with Crippen LogP contribution in [-0.2, 0) is 17.2 Å². The Morgan fingerprint density at radius 1 is 0.821 bits per heavy atom. The number of allylic oxidation sites excluding steroid dienone is 1. The fourth-order valence-electron chi connectivity index (χ4n) is 4.90. The summed E-state index contributed by atoms with van der Waals surface area (Å²) in [5, 5.41) is 0. The van der Waals surface area contributed by atoms with Crippen LogP contribution in [0.4, 0.5) is 5.69 Å². The summed E-state index contributed by atoms with van der Waals surface area (Å²) >= 11 is 3.74. The van der Waals surface area contributed by atoms with Gasteiger partial charge in [-0.2, -0.15) is 0 Å². The third kappa shape index (κ3) is 7.60. The van der Waals surface area contributed by atoms with Gasteiger partial charge >= 0.3 is 251 Å². The fourth-order valence-corrected chi connectivity index (χ4v) is 7.71. The van der Waals surface area contributed by atoms with E-state index in [1.807, 2.05) is 0 Å². The fraction of sp³-hybridized carbons (Fsp3) is 0.229. The molecule has 1 nitrogen and oxygen atoms in total. The van der Waals surface area contributed by atoms with Gasteiger partial charge in [0.15, 0.2) is 0 Å². The summed E-state index contributed by atoms with van der Waals surface area (Å²) in [6.07, 6.45) is 4.19. The van der Waals surface area contributed by atoms with Crippen molar-refractivity contribution in [2.75, 3.05) is 0 Å². The van der Waals surface area contributed by atoms with Crippen LogP contribution >= 0.6 is 24.4 Å². The van der Waals surface area contributed by atoms with Crippen LogP contribution in [-0.4, -0.2) is 5.71 Å². The predicted octanol–water partition coefficient (Wildman–Crippen LogP) is 11.7. The molecule has 0 amide bonds. The van der Waals surface area contributed by atoms with Gasteiger partial charge in [0.2, 0.25) is 0 Å². The van der Waals surface area contributed by atoms with Gasteiger partial charge in [-0.1, -0.05) is 0 Å². The van der Waals surface area contributed by atoms with E-state index in [4.69, 9.17) is 15.2 Å². The zero-order chi connectivity index (χ0) is 27.8. The number of aryl methyl sites for hydroxylation is 2. The van der Waals surface area contributed by atoms with E-state index in [0.717, 1.165) is 46.3 Å². The monoisotopic (exact) mass is 642 g/mol. The molecule has 205 valence electrons. The Hall–Kier alpha value is -2.45. The Morgan fingerprint density at radius 3 is 2.10 bits per heavy atom.